The van der Waals surface area contributed by atoms with Crippen LogP contribution in [-0.2, 0) is 9.59 Å². The average molecular weight is 413 g/mol. The van der Waals surface area contributed by atoms with E-state index in [0.29, 0.717) is 22.1 Å². The van der Waals surface area contributed by atoms with Gasteiger partial charge in [0.2, 0.25) is 0 Å². The summed E-state index contributed by atoms with van der Waals surface area (Å²) < 4.78 is 10.4. The predicted molar refractivity (Wildman–Crippen MR) is 101 cm³/mol. The summed E-state index contributed by atoms with van der Waals surface area (Å²) in [5.41, 5.74) is 0.548. The first-order valence-electron chi connectivity index (χ1n) is 7.35. The molecular weight excluding hydrogens is 401 g/mol. The molecule has 5 nitrogen and oxygen atoms in total. The fourth-order valence-corrected chi connectivity index (χ4v) is 3.39. The summed E-state index contributed by atoms with van der Waals surface area (Å²) in [4.78, 5) is 26.6. The summed E-state index contributed by atoms with van der Waals surface area (Å²) in [6.07, 6.45) is 0. The van der Waals surface area contributed by atoms with Crippen LogP contribution in [0.5, 0.6) is 11.5 Å². The van der Waals surface area contributed by atoms with E-state index in [1.54, 1.807) is 24.3 Å². The minimum absolute atomic E-state index is 0.00297. The van der Waals surface area contributed by atoms with Crippen molar-refractivity contribution in [3.63, 3.8) is 0 Å². The Balaban J connectivity index is 2.12. The van der Waals surface area contributed by atoms with Gasteiger partial charge >= 0.3 is 0 Å². The maximum absolute atomic E-state index is 13.0. The van der Waals surface area contributed by atoms with Crippen molar-refractivity contribution in [3.05, 3.63) is 57.0 Å². The van der Waals surface area contributed by atoms with Crippen LogP contribution in [0.4, 0.5) is 5.69 Å². The third-order valence-electron chi connectivity index (χ3n) is 3.85. The zero-order valence-corrected chi connectivity index (χ0v) is 15.9. The minimum Gasteiger partial charge on any atom is -0.497 e. The van der Waals surface area contributed by atoms with Crippen molar-refractivity contribution in [1.82, 2.24) is 0 Å². The predicted octanol–water partition coefficient (Wildman–Crippen LogP) is 4.53. The molecule has 0 aliphatic carbocycles. The van der Waals surface area contributed by atoms with E-state index in [2.05, 4.69) is 0 Å². The lowest BCUT2D eigenvalue weighted by atomic mass is 10.1. The highest BCUT2D eigenvalue weighted by Crippen LogP contribution is 2.41. The van der Waals surface area contributed by atoms with Gasteiger partial charge in [0, 0.05) is 16.7 Å². The minimum atomic E-state index is -0.677. The number of carbonyl (C=O) groups is 2. The second-order valence-electron chi connectivity index (χ2n) is 5.30. The van der Waals surface area contributed by atoms with Gasteiger partial charge in [0.1, 0.15) is 16.5 Å². The molecule has 134 valence electrons. The number of nitrogens with zero attached hydrogens (tertiary/aromatic N) is 1. The standard InChI is InChI=1S/C18H12Cl3NO4/c1-25-10-4-6-14(26-2)13(8-10)22-17(23)15(16(21)18(22)24)11-5-3-9(19)7-12(11)20/h3-8H,1-2H3. The number of rotatable bonds is 4. The molecule has 0 atom stereocenters. The highest BCUT2D eigenvalue weighted by Gasteiger charge is 2.41. The quantitative estimate of drug-likeness (QED) is 0.692. The van der Waals surface area contributed by atoms with E-state index in [9.17, 15) is 9.59 Å². The van der Waals surface area contributed by atoms with Gasteiger partial charge in [-0.1, -0.05) is 40.9 Å². The van der Waals surface area contributed by atoms with Crippen LogP contribution in [0.1, 0.15) is 5.56 Å². The lowest BCUT2D eigenvalue weighted by Crippen LogP contribution is -2.31. The van der Waals surface area contributed by atoms with Crippen molar-refractivity contribution in [1.29, 1.82) is 0 Å². The summed E-state index contributed by atoms with van der Waals surface area (Å²) in [7, 11) is 2.91. The van der Waals surface area contributed by atoms with Crippen molar-refractivity contribution in [2.45, 2.75) is 0 Å². The normalized spacial score (nSPS) is 14.3. The monoisotopic (exact) mass is 411 g/mol. The lowest BCUT2D eigenvalue weighted by Gasteiger charge is -2.19. The molecule has 0 bridgehead atoms. The molecular formula is C18H12Cl3NO4. The van der Waals surface area contributed by atoms with E-state index in [1.807, 2.05) is 0 Å². The summed E-state index contributed by atoms with van der Waals surface area (Å²) in [5, 5.41) is 0.383. The molecule has 2 aromatic rings. The highest BCUT2D eigenvalue weighted by molar-refractivity contribution is 6.61. The Morgan fingerprint density at radius 1 is 0.885 bits per heavy atom. The zero-order chi connectivity index (χ0) is 19.0. The Labute approximate surface area is 164 Å². The van der Waals surface area contributed by atoms with Gasteiger partial charge in [0.05, 0.1) is 30.5 Å². The zero-order valence-electron chi connectivity index (χ0n) is 13.7. The van der Waals surface area contributed by atoms with Gasteiger partial charge in [0.15, 0.2) is 0 Å². The molecule has 1 heterocycles. The number of halogens is 3. The van der Waals surface area contributed by atoms with Gasteiger partial charge in [0.25, 0.3) is 11.8 Å². The van der Waals surface area contributed by atoms with Crippen molar-refractivity contribution < 1.29 is 19.1 Å². The Kier molecular flexibility index (Phi) is 5.14. The molecule has 0 spiro atoms. The first-order chi connectivity index (χ1) is 12.4. The molecule has 1 aliphatic rings. The van der Waals surface area contributed by atoms with Crippen molar-refractivity contribution in [2.24, 2.45) is 0 Å². The van der Waals surface area contributed by atoms with Gasteiger partial charge in [-0.05, 0) is 24.3 Å². The molecule has 1 aliphatic heterocycles. The summed E-state index contributed by atoms with van der Waals surface area (Å²) in [6.45, 7) is 0. The number of methoxy groups -OCH3 is 2. The number of anilines is 1. The Bertz CT molecular complexity index is 955. The number of imide groups is 1. The number of hydrogen-bond donors (Lipinski definition) is 0. The molecule has 0 fully saturated rings. The molecule has 0 aromatic heterocycles. The van der Waals surface area contributed by atoms with Gasteiger partial charge in [-0.2, -0.15) is 0 Å². The second kappa shape index (κ2) is 7.19. The lowest BCUT2D eigenvalue weighted by molar-refractivity contribution is -0.119. The van der Waals surface area contributed by atoms with E-state index in [0.717, 1.165) is 4.90 Å². The molecule has 2 aromatic carbocycles. The van der Waals surface area contributed by atoms with Crippen LogP contribution >= 0.6 is 34.8 Å². The third kappa shape index (κ3) is 3.03. The fourth-order valence-electron chi connectivity index (χ4n) is 2.62. The first kappa shape index (κ1) is 18.6. The van der Waals surface area contributed by atoms with Crippen molar-refractivity contribution in [2.75, 3.05) is 19.1 Å². The molecule has 0 saturated carbocycles. The van der Waals surface area contributed by atoms with E-state index >= 15 is 0 Å². The summed E-state index contributed by atoms with van der Waals surface area (Å²) in [6, 6.07) is 9.34. The van der Waals surface area contributed by atoms with E-state index in [-0.39, 0.29) is 21.3 Å². The number of amides is 2. The van der Waals surface area contributed by atoms with Crippen LogP contribution in [0, 0.1) is 0 Å². The van der Waals surface area contributed by atoms with Crippen molar-refractivity contribution in [3.8, 4) is 11.5 Å². The SMILES string of the molecule is COc1ccc(OC)c(N2C(=O)C(Cl)=C(c3ccc(Cl)cc3Cl)C2=O)c1. The molecule has 0 unspecified atom stereocenters. The molecule has 0 N–H and O–H groups in total. The van der Waals surface area contributed by atoms with Crippen LogP contribution in [0.2, 0.25) is 10.0 Å². The van der Waals surface area contributed by atoms with Crippen LogP contribution in [0.25, 0.3) is 5.57 Å². The fraction of sp³-hybridized carbons (Fsp3) is 0.111. The van der Waals surface area contributed by atoms with E-state index in [1.165, 1.54) is 26.4 Å². The number of benzene rings is 2. The second-order valence-corrected chi connectivity index (χ2v) is 6.52. The van der Waals surface area contributed by atoms with E-state index in [4.69, 9.17) is 44.3 Å². The van der Waals surface area contributed by atoms with E-state index < -0.39 is 11.8 Å². The topological polar surface area (TPSA) is 55.8 Å². The van der Waals surface area contributed by atoms with Crippen LogP contribution < -0.4 is 14.4 Å². The maximum Gasteiger partial charge on any atom is 0.277 e. The Morgan fingerprint density at radius 2 is 1.62 bits per heavy atom. The van der Waals surface area contributed by atoms with Crippen LogP contribution in [0.15, 0.2) is 41.4 Å². The Hall–Kier alpha value is -2.21. The first-order valence-corrected chi connectivity index (χ1v) is 8.48. The summed E-state index contributed by atoms with van der Waals surface area (Å²) in [5.74, 6) is -0.518. The molecule has 2 amide bonds. The smallest absolute Gasteiger partial charge is 0.277 e. The molecule has 0 saturated heterocycles. The Morgan fingerprint density at radius 3 is 2.23 bits per heavy atom. The third-order valence-corrected chi connectivity index (χ3v) is 4.75. The maximum atomic E-state index is 13.0. The average Bonchev–Trinajstić information content (AvgIpc) is 2.84. The summed E-state index contributed by atoms with van der Waals surface area (Å²) >= 11 is 18.3. The van der Waals surface area contributed by atoms with Crippen molar-refractivity contribution >= 4 is 57.9 Å². The highest BCUT2D eigenvalue weighted by atomic mass is 35.5. The van der Waals surface area contributed by atoms with Gasteiger partial charge in [-0.15, -0.1) is 0 Å². The van der Waals surface area contributed by atoms with Crippen LogP contribution in [0.3, 0.4) is 0 Å². The number of hydrogen-bond acceptors (Lipinski definition) is 4. The molecule has 0 radical (unpaired) electrons. The number of carbonyl (C=O) groups excluding carboxylic acids is 2. The van der Waals surface area contributed by atoms with Crippen LogP contribution in [-0.4, -0.2) is 26.0 Å². The van der Waals surface area contributed by atoms with Gasteiger partial charge in [-0.25, -0.2) is 4.90 Å². The van der Waals surface area contributed by atoms with Gasteiger partial charge in [-0.3, -0.25) is 9.59 Å². The number of ether oxygens (including phenoxy) is 2. The largest absolute Gasteiger partial charge is 0.497 e. The molecule has 8 heteroatoms. The molecule has 3 rings (SSSR count). The molecule has 26 heavy (non-hydrogen) atoms. The van der Waals surface area contributed by atoms with Gasteiger partial charge < -0.3 is 9.47 Å².